The first-order chi connectivity index (χ1) is 8.51. The van der Waals surface area contributed by atoms with E-state index in [0.29, 0.717) is 23.1 Å². The smallest absolute Gasteiger partial charge is 0.344 e. The maximum Gasteiger partial charge on any atom is 0.344 e. The fourth-order valence-electron chi connectivity index (χ4n) is 1.45. The molecule has 1 unspecified atom stereocenters. The highest BCUT2D eigenvalue weighted by Crippen LogP contribution is 2.28. The van der Waals surface area contributed by atoms with E-state index in [1.54, 1.807) is 7.11 Å². The van der Waals surface area contributed by atoms with Crippen LogP contribution in [0.4, 0.5) is 10.8 Å². The van der Waals surface area contributed by atoms with Crippen molar-refractivity contribution in [1.82, 2.24) is 4.37 Å². The highest BCUT2D eigenvalue weighted by Gasteiger charge is 2.23. The van der Waals surface area contributed by atoms with E-state index in [-0.39, 0.29) is 11.9 Å². The van der Waals surface area contributed by atoms with Gasteiger partial charge in [0.2, 0.25) is 0 Å². The molecule has 0 amide bonds. The number of aromatic nitrogens is 1. The fraction of sp³-hybridized carbons (Fsp3) is 0.636. The molecular formula is C11H19N3O3S. The molecule has 0 aromatic carbocycles. The van der Waals surface area contributed by atoms with Crippen LogP contribution in [-0.2, 0) is 9.47 Å². The lowest BCUT2D eigenvalue weighted by Gasteiger charge is -2.21. The Morgan fingerprint density at radius 2 is 2.17 bits per heavy atom. The zero-order valence-electron chi connectivity index (χ0n) is 11.0. The molecule has 0 saturated carbocycles. The summed E-state index contributed by atoms with van der Waals surface area (Å²) in [5, 5.41) is 3.85. The molecule has 1 aromatic heterocycles. The van der Waals surface area contributed by atoms with E-state index >= 15 is 0 Å². The minimum absolute atomic E-state index is 0.0817. The first kappa shape index (κ1) is 14.7. The molecule has 3 N–H and O–H groups in total. The van der Waals surface area contributed by atoms with Gasteiger partial charge in [-0.1, -0.05) is 13.8 Å². The second kappa shape index (κ2) is 6.55. The maximum absolute atomic E-state index is 11.6. The first-order valence-electron chi connectivity index (χ1n) is 5.60. The Balaban J connectivity index is 2.92. The SMILES string of the molecule is COCC(Nc1snc(N)c1C(=O)OC)C(C)C. The van der Waals surface area contributed by atoms with Gasteiger partial charge in [-0.15, -0.1) is 0 Å². The number of rotatable bonds is 6. The summed E-state index contributed by atoms with van der Waals surface area (Å²) >= 11 is 1.15. The van der Waals surface area contributed by atoms with Crippen molar-refractivity contribution in [2.45, 2.75) is 19.9 Å². The summed E-state index contributed by atoms with van der Waals surface area (Å²) in [5.74, 6) is 0.0525. The Labute approximate surface area is 111 Å². The lowest BCUT2D eigenvalue weighted by Crippen LogP contribution is -2.30. The van der Waals surface area contributed by atoms with Crippen LogP contribution in [0.3, 0.4) is 0 Å². The second-order valence-electron chi connectivity index (χ2n) is 4.21. The monoisotopic (exact) mass is 273 g/mol. The van der Waals surface area contributed by atoms with Gasteiger partial charge in [-0.25, -0.2) is 4.79 Å². The van der Waals surface area contributed by atoms with Gasteiger partial charge in [0.25, 0.3) is 0 Å². The van der Waals surface area contributed by atoms with Crippen LogP contribution in [0.5, 0.6) is 0 Å². The molecular weight excluding hydrogens is 254 g/mol. The minimum Gasteiger partial charge on any atom is -0.465 e. The third-order valence-electron chi connectivity index (χ3n) is 2.58. The molecule has 1 heterocycles. The molecule has 0 bridgehead atoms. The van der Waals surface area contributed by atoms with Gasteiger partial charge in [0.15, 0.2) is 5.82 Å². The van der Waals surface area contributed by atoms with Crippen molar-refractivity contribution in [2.24, 2.45) is 5.92 Å². The molecule has 1 aromatic rings. The van der Waals surface area contributed by atoms with Crippen LogP contribution in [0.25, 0.3) is 0 Å². The lowest BCUT2D eigenvalue weighted by atomic mass is 10.1. The number of hydrogen-bond acceptors (Lipinski definition) is 7. The second-order valence-corrected chi connectivity index (χ2v) is 4.99. The molecule has 0 saturated heterocycles. The van der Waals surface area contributed by atoms with Gasteiger partial charge < -0.3 is 20.5 Å². The number of nitrogens with one attached hydrogen (secondary N) is 1. The highest BCUT2D eigenvalue weighted by molar-refractivity contribution is 7.11. The summed E-state index contributed by atoms with van der Waals surface area (Å²) in [6, 6.07) is 0.0817. The van der Waals surface area contributed by atoms with Crippen molar-refractivity contribution in [3.63, 3.8) is 0 Å². The molecule has 6 nitrogen and oxygen atoms in total. The Hall–Kier alpha value is -1.34. The largest absolute Gasteiger partial charge is 0.465 e. The van der Waals surface area contributed by atoms with Crippen molar-refractivity contribution in [2.75, 3.05) is 31.9 Å². The van der Waals surface area contributed by atoms with Crippen LogP contribution in [0.15, 0.2) is 0 Å². The molecule has 0 aliphatic carbocycles. The Bertz CT molecular complexity index is 406. The summed E-state index contributed by atoms with van der Waals surface area (Å²) in [6.07, 6.45) is 0. The lowest BCUT2D eigenvalue weighted by molar-refractivity contribution is 0.0603. The molecule has 0 radical (unpaired) electrons. The predicted molar refractivity (Wildman–Crippen MR) is 72.0 cm³/mol. The summed E-state index contributed by atoms with van der Waals surface area (Å²) in [5.41, 5.74) is 5.97. The average Bonchev–Trinajstić information content (AvgIpc) is 2.69. The standard InChI is InChI=1S/C11H19N3O3S/c1-6(2)7(5-16-3)13-10-8(11(15)17-4)9(12)14-18-10/h6-7,13H,5H2,1-4H3,(H2,12,14). The molecule has 102 valence electrons. The Morgan fingerprint density at radius 1 is 1.50 bits per heavy atom. The molecule has 1 rings (SSSR count). The van der Waals surface area contributed by atoms with Crippen molar-refractivity contribution < 1.29 is 14.3 Å². The zero-order chi connectivity index (χ0) is 13.7. The van der Waals surface area contributed by atoms with Crippen LogP contribution in [0.1, 0.15) is 24.2 Å². The number of nitrogens with two attached hydrogens (primary N) is 1. The van der Waals surface area contributed by atoms with Gasteiger partial charge in [-0.3, -0.25) is 0 Å². The minimum atomic E-state index is -0.483. The van der Waals surface area contributed by atoms with E-state index in [2.05, 4.69) is 23.5 Å². The van der Waals surface area contributed by atoms with Crippen LogP contribution >= 0.6 is 11.5 Å². The van der Waals surface area contributed by atoms with Gasteiger partial charge in [-0.2, -0.15) is 4.37 Å². The van der Waals surface area contributed by atoms with E-state index in [1.807, 2.05) is 0 Å². The summed E-state index contributed by atoms with van der Waals surface area (Å²) in [6.45, 7) is 4.67. The van der Waals surface area contributed by atoms with Crippen LogP contribution < -0.4 is 11.1 Å². The molecule has 1 atom stereocenters. The normalized spacial score (nSPS) is 12.5. The number of hydrogen-bond donors (Lipinski definition) is 2. The molecule has 0 spiro atoms. The third-order valence-corrected chi connectivity index (χ3v) is 3.37. The van der Waals surface area contributed by atoms with Gasteiger partial charge in [0.05, 0.1) is 19.8 Å². The number of anilines is 2. The number of carbonyl (C=O) groups is 1. The van der Waals surface area contributed by atoms with E-state index in [1.165, 1.54) is 7.11 Å². The first-order valence-corrected chi connectivity index (χ1v) is 6.37. The number of nitrogen functional groups attached to an aromatic ring is 1. The number of esters is 1. The van der Waals surface area contributed by atoms with Crippen molar-refractivity contribution in [1.29, 1.82) is 0 Å². The zero-order valence-corrected chi connectivity index (χ0v) is 11.8. The maximum atomic E-state index is 11.6. The molecule has 18 heavy (non-hydrogen) atoms. The quantitative estimate of drug-likeness (QED) is 0.765. The Morgan fingerprint density at radius 3 is 2.67 bits per heavy atom. The Kier molecular flexibility index (Phi) is 5.36. The molecule has 0 aliphatic heterocycles. The van der Waals surface area contributed by atoms with Gasteiger partial charge in [-0.05, 0) is 17.5 Å². The topological polar surface area (TPSA) is 86.5 Å². The number of nitrogens with zero attached hydrogens (tertiary/aromatic N) is 1. The van der Waals surface area contributed by atoms with E-state index < -0.39 is 5.97 Å². The number of methoxy groups -OCH3 is 2. The highest BCUT2D eigenvalue weighted by atomic mass is 32.1. The van der Waals surface area contributed by atoms with Crippen molar-refractivity contribution in [3.05, 3.63) is 5.56 Å². The average molecular weight is 273 g/mol. The summed E-state index contributed by atoms with van der Waals surface area (Å²) in [4.78, 5) is 11.6. The predicted octanol–water partition coefficient (Wildman–Crippen LogP) is 1.59. The van der Waals surface area contributed by atoms with Crippen LogP contribution in [0.2, 0.25) is 0 Å². The van der Waals surface area contributed by atoms with Crippen molar-refractivity contribution >= 4 is 28.3 Å². The van der Waals surface area contributed by atoms with Crippen LogP contribution in [-0.4, -0.2) is 37.2 Å². The van der Waals surface area contributed by atoms with E-state index in [0.717, 1.165) is 11.5 Å². The summed E-state index contributed by atoms with van der Waals surface area (Å²) < 4.78 is 13.8. The van der Waals surface area contributed by atoms with Gasteiger partial charge in [0, 0.05) is 7.11 Å². The van der Waals surface area contributed by atoms with E-state index in [9.17, 15) is 4.79 Å². The molecule has 0 fully saturated rings. The fourth-order valence-corrected chi connectivity index (χ4v) is 2.21. The number of carbonyl (C=O) groups excluding carboxylic acids is 1. The third kappa shape index (κ3) is 3.33. The van der Waals surface area contributed by atoms with E-state index in [4.69, 9.17) is 15.2 Å². The number of ether oxygens (including phenoxy) is 2. The van der Waals surface area contributed by atoms with Gasteiger partial charge >= 0.3 is 5.97 Å². The molecule has 7 heteroatoms. The summed E-state index contributed by atoms with van der Waals surface area (Å²) in [7, 11) is 2.96. The van der Waals surface area contributed by atoms with Crippen molar-refractivity contribution in [3.8, 4) is 0 Å². The molecule has 0 aliphatic rings. The van der Waals surface area contributed by atoms with Crippen LogP contribution in [0, 0.1) is 5.92 Å². The van der Waals surface area contributed by atoms with Gasteiger partial charge in [0.1, 0.15) is 10.6 Å².